The molecule has 8 nitrogen and oxygen atoms in total. The van der Waals surface area contributed by atoms with Crippen LogP contribution in [0.2, 0.25) is 0 Å². The van der Waals surface area contributed by atoms with E-state index in [1.807, 2.05) is 13.8 Å². The predicted octanol–water partition coefficient (Wildman–Crippen LogP) is 1.51. The molecule has 0 radical (unpaired) electrons. The van der Waals surface area contributed by atoms with Gasteiger partial charge in [0.05, 0.1) is 12.7 Å². The van der Waals surface area contributed by atoms with Gasteiger partial charge in [0.1, 0.15) is 6.04 Å². The van der Waals surface area contributed by atoms with Gasteiger partial charge in [0.15, 0.2) is 6.61 Å². The molecule has 0 aliphatic carbocycles. The van der Waals surface area contributed by atoms with Crippen LogP contribution in [-0.2, 0) is 23.9 Å². The zero-order valence-corrected chi connectivity index (χ0v) is 15.3. The van der Waals surface area contributed by atoms with E-state index in [1.54, 1.807) is 12.1 Å². The first-order valence-electron chi connectivity index (χ1n) is 8.15. The number of carbonyl (C=O) groups excluding carboxylic acids is 4. The predicted molar refractivity (Wildman–Crippen MR) is 94.4 cm³/mol. The first-order chi connectivity index (χ1) is 12.2. The summed E-state index contributed by atoms with van der Waals surface area (Å²) in [5, 5.41) is 5.07. The highest BCUT2D eigenvalue weighted by molar-refractivity contribution is 5.93. The summed E-state index contributed by atoms with van der Waals surface area (Å²) < 4.78 is 9.60. The molecule has 1 atom stereocenters. The number of rotatable bonds is 8. The molecule has 0 bridgehead atoms. The molecule has 1 aromatic carbocycles. The lowest BCUT2D eigenvalue weighted by atomic mass is 10.0. The molecule has 1 rings (SSSR count). The molecule has 0 fully saturated rings. The van der Waals surface area contributed by atoms with E-state index < -0.39 is 30.5 Å². The Morgan fingerprint density at radius 3 is 2.19 bits per heavy atom. The summed E-state index contributed by atoms with van der Waals surface area (Å²) in [7, 11) is 1.24. The summed E-state index contributed by atoms with van der Waals surface area (Å²) in [5.41, 5.74) is 0.778. The summed E-state index contributed by atoms with van der Waals surface area (Å²) in [6.07, 6.45) is 0.414. The topological polar surface area (TPSA) is 111 Å². The number of nitrogens with one attached hydrogen (secondary N) is 2. The quantitative estimate of drug-likeness (QED) is 0.677. The van der Waals surface area contributed by atoms with Gasteiger partial charge in [-0.15, -0.1) is 0 Å². The van der Waals surface area contributed by atoms with Crippen LogP contribution in [-0.4, -0.2) is 43.5 Å². The Hall–Kier alpha value is -2.90. The Balaban J connectivity index is 2.56. The average Bonchev–Trinajstić information content (AvgIpc) is 2.58. The van der Waals surface area contributed by atoms with Gasteiger partial charge >= 0.3 is 11.9 Å². The molecule has 0 unspecified atom stereocenters. The summed E-state index contributed by atoms with van der Waals surface area (Å²) in [6.45, 7) is 4.68. The maximum atomic E-state index is 12.0. The third kappa shape index (κ3) is 7.33. The van der Waals surface area contributed by atoms with Crippen molar-refractivity contribution in [2.75, 3.05) is 19.0 Å². The Bertz CT molecular complexity index is 654. The van der Waals surface area contributed by atoms with Gasteiger partial charge in [-0.2, -0.15) is 0 Å². The van der Waals surface area contributed by atoms with Gasteiger partial charge < -0.3 is 20.1 Å². The van der Waals surface area contributed by atoms with Crippen LogP contribution in [0.5, 0.6) is 0 Å². The molecular weight excluding hydrogens is 340 g/mol. The van der Waals surface area contributed by atoms with Crippen molar-refractivity contribution in [3.8, 4) is 0 Å². The zero-order chi connectivity index (χ0) is 19.7. The third-order valence-corrected chi connectivity index (χ3v) is 3.30. The maximum Gasteiger partial charge on any atom is 0.338 e. The Morgan fingerprint density at radius 2 is 1.69 bits per heavy atom. The Morgan fingerprint density at radius 1 is 1.08 bits per heavy atom. The minimum Gasteiger partial charge on any atom is -0.467 e. The summed E-state index contributed by atoms with van der Waals surface area (Å²) in [5.74, 6) is -1.88. The highest BCUT2D eigenvalue weighted by atomic mass is 16.5. The number of hydrogen-bond donors (Lipinski definition) is 2. The summed E-state index contributed by atoms with van der Waals surface area (Å²) in [4.78, 5) is 46.5. The number of amides is 2. The standard InChI is InChI=1S/C18H24N2O6/c1-11(2)9-15(18(24)25-4)20-16(22)10-26-17(23)13-5-7-14(8-6-13)19-12(3)21/h5-8,11,15H,9-10H2,1-4H3,(H,19,21)(H,20,22)/t15-/m0/s1. The molecule has 142 valence electrons. The van der Waals surface area contributed by atoms with E-state index in [1.165, 1.54) is 26.2 Å². The number of ether oxygens (including phenoxy) is 2. The maximum absolute atomic E-state index is 12.0. The van der Waals surface area contributed by atoms with Crippen LogP contribution < -0.4 is 10.6 Å². The van der Waals surface area contributed by atoms with Crippen molar-refractivity contribution < 1.29 is 28.7 Å². The molecule has 0 aromatic heterocycles. The molecule has 26 heavy (non-hydrogen) atoms. The van der Waals surface area contributed by atoms with E-state index >= 15 is 0 Å². The van der Waals surface area contributed by atoms with Gasteiger partial charge in [0.25, 0.3) is 5.91 Å². The molecule has 0 saturated heterocycles. The Kier molecular flexibility index (Phi) is 8.27. The van der Waals surface area contributed by atoms with Crippen molar-refractivity contribution in [3.63, 3.8) is 0 Å². The van der Waals surface area contributed by atoms with E-state index in [9.17, 15) is 19.2 Å². The first-order valence-corrected chi connectivity index (χ1v) is 8.15. The largest absolute Gasteiger partial charge is 0.467 e. The Labute approximate surface area is 152 Å². The third-order valence-electron chi connectivity index (χ3n) is 3.30. The lowest BCUT2D eigenvalue weighted by Crippen LogP contribution is -2.44. The van der Waals surface area contributed by atoms with Gasteiger partial charge in [-0.1, -0.05) is 13.8 Å². The number of methoxy groups -OCH3 is 1. The second-order valence-corrected chi connectivity index (χ2v) is 6.11. The van der Waals surface area contributed by atoms with Crippen molar-refractivity contribution in [1.29, 1.82) is 0 Å². The van der Waals surface area contributed by atoms with E-state index in [0.717, 1.165) is 0 Å². The van der Waals surface area contributed by atoms with Crippen LogP contribution in [0.3, 0.4) is 0 Å². The molecule has 0 spiro atoms. The van der Waals surface area contributed by atoms with Gasteiger partial charge in [-0.3, -0.25) is 9.59 Å². The molecule has 0 saturated carbocycles. The fourth-order valence-electron chi connectivity index (χ4n) is 2.17. The SMILES string of the molecule is COC(=O)[C@H](CC(C)C)NC(=O)COC(=O)c1ccc(NC(C)=O)cc1. The summed E-state index contributed by atoms with van der Waals surface area (Å²) >= 11 is 0. The van der Waals surface area contributed by atoms with Gasteiger partial charge in [0.2, 0.25) is 5.91 Å². The molecular formula is C18H24N2O6. The van der Waals surface area contributed by atoms with Crippen molar-refractivity contribution in [1.82, 2.24) is 5.32 Å². The molecule has 0 aliphatic rings. The minimum atomic E-state index is -0.789. The molecule has 2 amide bonds. The fraction of sp³-hybridized carbons (Fsp3) is 0.444. The molecule has 8 heteroatoms. The molecule has 0 aliphatic heterocycles. The molecule has 2 N–H and O–H groups in total. The molecule has 0 heterocycles. The lowest BCUT2D eigenvalue weighted by molar-refractivity contribution is -0.145. The van der Waals surface area contributed by atoms with E-state index in [0.29, 0.717) is 12.1 Å². The highest BCUT2D eigenvalue weighted by Crippen LogP contribution is 2.11. The van der Waals surface area contributed by atoms with Gasteiger partial charge in [0, 0.05) is 12.6 Å². The summed E-state index contributed by atoms with van der Waals surface area (Å²) in [6, 6.07) is 5.26. The number of anilines is 1. The van der Waals surface area contributed by atoms with Crippen molar-refractivity contribution >= 4 is 29.4 Å². The average molecular weight is 364 g/mol. The van der Waals surface area contributed by atoms with Crippen LogP contribution in [0.1, 0.15) is 37.6 Å². The van der Waals surface area contributed by atoms with E-state index in [4.69, 9.17) is 4.74 Å². The number of esters is 2. The molecule has 1 aromatic rings. The van der Waals surface area contributed by atoms with Crippen LogP contribution >= 0.6 is 0 Å². The normalized spacial score (nSPS) is 11.4. The first kappa shape index (κ1) is 21.1. The minimum absolute atomic E-state index is 0.170. The zero-order valence-electron chi connectivity index (χ0n) is 15.3. The van der Waals surface area contributed by atoms with Crippen LogP contribution in [0.4, 0.5) is 5.69 Å². The lowest BCUT2D eigenvalue weighted by Gasteiger charge is -2.18. The monoisotopic (exact) mass is 364 g/mol. The van der Waals surface area contributed by atoms with Crippen molar-refractivity contribution in [3.05, 3.63) is 29.8 Å². The van der Waals surface area contributed by atoms with Gasteiger partial charge in [-0.25, -0.2) is 9.59 Å². The van der Waals surface area contributed by atoms with E-state index in [2.05, 4.69) is 15.4 Å². The van der Waals surface area contributed by atoms with Crippen LogP contribution in [0, 0.1) is 5.92 Å². The van der Waals surface area contributed by atoms with Crippen LogP contribution in [0.15, 0.2) is 24.3 Å². The van der Waals surface area contributed by atoms with Crippen molar-refractivity contribution in [2.24, 2.45) is 5.92 Å². The fourth-order valence-corrected chi connectivity index (χ4v) is 2.17. The second-order valence-electron chi connectivity index (χ2n) is 6.11. The number of benzene rings is 1. The van der Waals surface area contributed by atoms with Crippen molar-refractivity contribution in [2.45, 2.75) is 33.2 Å². The second kappa shape index (κ2) is 10.2. The number of carbonyl (C=O) groups is 4. The highest BCUT2D eigenvalue weighted by Gasteiger charge is 2.23. The smallest absolute Gasteiger partial charge is 0.338 e. The van der Waals surface area contributed by atoms with Gasteiger partial charge in [-0.05, 0) is 36.6 Å². The van der Waals surface area contributed by atoms with Crippen LogP contribution in [0.25, 0.3) is 0 Å². The number of hydrogen-bond acceptors (Lipinski definition) is 6. The van der Waals surface area contributed by atoms with E-state index in [-0.39, 0.29) is 17.4 Å².